The Morgan fingerprint density at radius 1 is 1.24 bits per heavy atom. The zero-order valence-corrected chi connectivity index (χ0v) is 16.5. The molecule has 1 saturated heterocycles. The Morgan fingerprint density at radius 3 is 2.69 bits per heavy atom. The molecule has 0 radical (unpaired) electrons. The van der Waals surface area contributed by atoms with E-state index in [1.54, 1.807) is 13.0 Å². The molecule has 0 aliphatic carbocycles. The molecule has 0 bridgehead atoms. The van der Waals surface area contributed by atoms with Crippen LogP contribution in [0.5, 0.6) is 0 Å². The molecule has 7 heteroatoms. The number of aliphatic hydroxyl groups is 1. The van der Waals surface area contributed by atoms with Crippen LogP contribution < -0.4 is 10.9 Å². The number of hydrogen-bond donors (Lipinski definition) is 2. The summed E-state index contributed by atoms with van der Waals surface area (Å²) in [5.41, 5.74) is 1.03. The fourth-order valence-corrected chi connectivity index (χ4v) is 3.68. The van der Waals surface area contributed by atoms with Crippen molar-refractivity contribution in [3.63, 3.8) is 0 Å². The summed E-state index contributed by atoms with van der Waals surface area (Å²) < 4.78 is 5.41. The number of hydrogen-bond acceptors (Lipinski definition) is 5. The number of piperazine rings is 1. The quantitative estimate of drug-likeness (QED) is 0.735. The van der Waals surface area contributed by atoms with Gasteiger partial charge >= 0.3 is 5.63 Å². The van der Waals surface area contributed by atoms with Gasteiger partial charge in [-0.25, -0.2) is 4.79 Å². The molecular formula is C22H26N2O5. The molecule has 1 aromatic heterocycles. The van der Waals surface area contributed by atoms with Gasteiger partial charge in [0.05, 0.1) is 0 Å². The lowest BCUT2D eigenvalue weighted by Gasteiger charge is -2.34. The van der Waals surface area contributed by atoms with Crippen LogP contribution in [0.25, 0.3) is 0 Å². The second kappa shape index (κ2) is 9.52. The number of nitrogens with one attached hydrogen (secondary N) is 1. The van der Waals surface area contributed by atoms with Crippen molar-refractivity contribution in [3.05, 3.63) is 69.3 Å². The van der Waals surface area contributed by atoms with Crippen molar-refractivity contribution in [2.75, 3.05) is 19.7 Å². The van der Waals surface area contributed by atoms with Gasteiger partial charge in [0, 0.05) is 26.1 Å². The third-order valence-electron chi connectivity index (χ3n) is 5.14. The number of benzene rings is 1. The average Bonchev–Trinajstić information content (AvgIpc) is 2.70. The molecule has 1 atom stereocenters. The van der Waals surface area contributed by atoms with E-state index in [4.69, 9.17) is 4.42 Å². The van der Waals surface area contributed by atoms with Crippen LogP contribution in [0.2, 0.25) is 0 Å². The van der Waals surface area contributed by atoms with E-state index in [1.165, 1.54) is 10.5 Å². The summed E-state index contributed by atoms with van der Waals surface area (Å²) in [6.45, 7) is 2.08. The predicted molar refractivity (Wildman–Crippen MR) is 108 cm³/mol. The van der Waals surface area contributed by atoms with Gasteiger partial charge in [0.25, 0.3) is 5.91 Å². The van der Waals surface area contributed by atoms with Crippen molar-refractivity contribution in [1.82, 2.24) is 10.2 Å². The zero-order chi connectivity index (χ0) is 20.8. The Hall–Kier alpha value is -2.93. The number of carbonyl (C=O) groups is 2. The highest BCUT2D eigenvalue weighted by molar-refractivity contribution is 5.98. The SMILES string of the molecule is Cc1cc(CCCc2ccccc2)oc(=O)c1C(=O)N1CCNC(=O)C1CCO. The fourth-order valence-electron chi connectivity index (χ4n) is 3.68. The molecule has 1 aliphatic heterocycles. The number of rotatable bonds is 7. The molecule has 2 heterocycles. The lowest BCUT2D eigenvalue weighted by Crippen LogP contribution is -2.58. The van der Waals surface area contributed by atoms with E-state index in [-0.39, 0.29) is 31.0 Å². The van der Waals surface area contributed by atoms with E-state index in [1.807, 2.05) is 18.2 Å². The third-order valence-corrected chi connectivity index (χ3v) is 5.14. The van der Waals surface area contributed by atoms with E-state index in [0.29, 0.717) is 24.3 Å². The minimum Gasteiger partial charge on any atom is -0.427 e. The zero-order valence-electron chi connectivity index (χ0n) is 16.5. The third kappa shape index (κ3) is 4.92. The van der Waals surface area contributed by atoms with Crippen LogP contribution in [-0.2, 0) is 17.6 Å². The van der Waals surface area contributed by atoms with Gasteiger partial charge in [-0.15, -0.1) is 0 Å². The summed E-state index contributed by atoms with van der Waals surface area (Å²) in [6, 6.07) is 11.0. The van der Waals surface area contributed by atoms with Gasteiger partial charge < -0.3 is 19.7 Å². The van der Waals surface area contributed by atoms with E-state index < -0.39 is 17.6 Å². The summed E-state index contributed by atoms with van der Waals surface area (Å²) in [4.78, 5) is 39.0. The van der Waals surface area contributed by atoms with Crippen LogP contribution in [0.1, 0.15) is 40.1 Å². The summed E-state index contributed by atoms with van der Waals surface area (Å²) in [7, 11) is 0. The Kier molecular flexibility index (Phi) is 6.82. The fraction of sp³-hybridized carbons (Fsp3) is 0.409. The second-order valence-corrected chi connectivity index (χ2v) is 7.21. The Balaban J connectivity index is 1.73. The highest BCUT2D eigenvalue weighted by Crippen LogP contribution is 2.16. The van der Waals surface area contributed by atoms with E-state index in [2.05, 4.69) is 17.4 Å². The summed E-state index contributed by atoms with van der Waals surface area (Å²) >= 11 is 0. The van der Waals surface area contributed by atoms with Crippen molar-refractivity contribution in [2.45, 2.75) is 38.6 Å². The Bertz CT molecular complexity index is 923. The molecule has 154 valence electrons. The smallest absolute Gasteiger partial charge is 0.349 e. The van der Waals surface area contributed by atoms with Crippen molar-refractivity contribution < 1.29 is 19.1 Å². The summed E-state index contributed by atoms with van der Waals surface area (Å²) in [5.74, 6) is -0.304. The Morgan fingerprint density at radius 2 is 2.00 bits per heavy atom. The summed E-state index contributed by atoms with van der Waals surface area (Å²) in [5, 5.41) is 11.9. The number of nitrogens with zero attached hydrogens (tertiary/aromatic N) is 1. The molecule has 0 saturated carbocycles. The standard InChI is InChI=1S/C22H26N2O5/c1-15-14-17(9-5-8-16-6-3-2-4-7-16)29-22(28)19(15)21(27)24-12-11-23-20(26)18(24)10-13-25/h2-4,6-7,14,18,25H,5,8-13H2,1H3,(H,23,26). The van der Waals surface area contributed by atoms with Crippen LogP contribution in [-0.4, -0.2) is 47.6 Å². The lowest BCUT2D eigenvalue weighted by atomic mass is 10.0. The molecule has 2 N–H and O–H groups in total. The molecule has 0 spiro atoms. The minimum absolute atomic E-state index is 0.0468. The first kappa shape index (κ1) is 20.8. The summed E-state index contributed by atoms with van der Waals surface area (Å²) in [6.07, 6.45) is 2.42. The maximum Gasteiger partial charge on any atom is 0.349 e. The number of aliphatic hydroxyl groups excluding tert-OH is 1. The monoisotopic (exact) mass is 398 g/mol. The minimum atomic E-state index is -0.786. The molecule has 1 fully saturated rings. The first-order valence-electron chi connectivity index (χ1n) is 9.88. The predicted octanol–water partition coefficient (Wildman–Crippen LogP) is 1.45. The normalized spacial score (nSPS) is 16.6. The Labute approximate surface area is 169 Å². The van der Waals surface area contributed by atoms with Gasteiger partial charge in [0.2, 0.25) is 5.91 Å². The molecule has 29 heavy (non-hydrogen) atoms. The largest absolute Gasteiger partial charge is 0.427 e. The van der Waals surface area contributed by atoms with Gasteiger partial charge in [-0.1, -0.05) is 30.3 Å². The van der Waals surface area contributed by atoms with Gasteiger partial charge in [0.15, 0.2) is 0 Å². The average molecular weight is 398 g/mol. The molecule has 3 rings (SSSR count). The molecule has 2 aromatic rings. The van der Waals surface area contributed by atoms with Crippen LogP contribution in [0.15, 0.2) is 45.6 Å². The maximum atomic E-state index is 13.0. The highest BCUT2D eigenvalue weighted by Gasteiger charge is 2.35. The first-order valence-corrected chi connectivity index (χ1v) is 9.88. The van der Waals surface area contributed by atoms with Crippen molar-refractivity contribution in [1.29, 1.82) is 0 Å². The van der Waals surface area contributed by atoms with Crippen molar-refractivity contribution in [3.8, 4) is 0 Å². The highest BCUT2D eigenvalue weighted by atomic mass is 16.4. The lowest BCUT2D eigenvalue weighted by molar-refractivity contribution is -0.128. The van der Waals surface area contributed by atoms with Crippen molar-refractivity contribution in [2.24, 2.45) is 0 Å². The topological polar surface area (TPSA) is 99.9 Å². The molecule has 1 aromatic carbocycles. The number of aryl methyl sites for hydroxylation is 3. The molecule has 2 amide bonds. The number of amides is 2. The van der Waals surface area contributed by atoms with E-state index in [9.17, 15) is 19.5 Å². The van der Waals surface area contributed by atoms with Crippen molar-refractivity contribution >= 4 is 11.8 Å². The maximum absolute atomic E-state index is 13.0. The van der Waals surface area contributed by atoms with Gasteiger partial charge in [-0.3, -0.25) is 9.59 Å². The van der Waals surface area contributed by atoms with Crippen LogP contribution in [0.4, 0.5) is 0 Å². The van der Waals surface area contributed by atoms with Crippen LogP contribution in [0.3, 0.4) is 0 Å². The van der Waals surface area contributed by atoms with Crippen LogP contribution >= 0.6 is 0 Å². The second-order valence-electron chi connectivity index (χ2n) is 7.21. The number of carbonyl (C=O) groups excluding carboxylic acids is 2. The van der Waals surface area contributed by atoms with Gasteiger partial charge in [-0.2, -0.15) is 0 Å². The first-order chi connectivity index (χ1) is 14.0. The van der Waals surface area contributed by atoms with E-state index in [0.717, 1.165) is 12.8 Å². The van der Waals surface area contributed by atoms with E-state index >= 15 is 0 Å². The van der Waals surface area contributed by atoms with Crippen LogP contribution in [0, 0.1) is 6.92 Å². The molecular weight excluding hydrogens is 372 g/mol. The molecule has 1 aliphatic rings. The van der Waals surface area contributed by atoms with Gasteiger partial charge in [-0.05, 0) is 43.4 Å². The molecule has 7 nitrogen and oxygen atoms in total. The molecule has 1 unspecified atom stereocenters. The van der Waals surface area contributed by atoms with Gasteiger partial charge in [0.1, 0.15) is 17.4 Å².